The number of carbonyl (C=O) groups excluding carboxylic acids is 1. The molecule has 0 fully saturated rings. The molecule has 0 aliphatic rings. The summed E-state index contributed by atoms with van der Waals surface area (Å²) >= 11 is 0. The van der Waals surface area contributed by atoms with Crippen LogP contribution in [0.3, 0.4) is 0 Å². The van der Waals surface area contributed by atoms with Crippen molar-refractivity contribution in [3.8, 4) is 11.1 Å². The van der Waals surface area contributed by atoms with Crippen molar-refractivity contribution in [1.82, 2.24) is 9.97 Å². The molecule has 6 nitrogen and oxygen atoms in total. The maximum atomic E-state index is 15.1. The first-order valence-electron chi connectivity index (χ1n) is 10.4. The number of aryl methyl sites for hydroxylation is 1. The summed E-state index contributed by atoms with van der Waals surface area (Å²) in [7, 11) is -3.99. The van der Waals surface area contributed by atoms with Crippen LogP contribution in [0, 0.1) is 24.4 Å². The first kappa shape index (κ1) is 23.5. The molecule has 0 radical (unpaired) electrons. The molecule has 34 heavy (non-hydrogen) atoms. The van der Waals surface area contributed by atoms with Crippen molar-refractivity contribution < 1.29 is 26.4 Å². The summed E-state index contributed by atoms with van der Waals surface area (Å²) in [5.41, 5.74) is 1.01. The molecule has 0 aliphatic carbocycles. The molecule has 176 valence electrons. The highest BCUT2D eigenvalue weighted by Crippen LogP contribution is 2.30. The zero-order chi connectivity index (χ0) is 24.6. The van der Waals surface area contributed by atoms with E-state index in [1.807, 2.05) is 4.72 Å². The highest BCUT2D eigenvalue weighted by Gasteiger charge is 2.25. The molecule has 0 atom stereocenters. The van der Waals surface area contributed by atoms with Crippen LogP contribution < -0.4 is 4.72 Å². The summed E-state index contributed by atoms with van der Waals surface area (Å²) < 4.78 is 68.9. The number of hydrogen-bond donors (Lipinski definition) is 2. The lowest BCUT2D eigenvalue weighted by Crippen LogP contribution is -2.19. The van der Waals surface area contributed by atoms with E-state index in [1.54, 1.807) is 32.2 Å². The Bertz CT molecular complexity index is 1530. The molecule has 0 aliphatic heterocycles. The second-order valence-corrected chi connectivity index (χ2v) is 9.66. The zero-order valence-electron chi connectivity index (χ0n) is 18.2. The van der Waals surface area contributed by atoms with Crippen LogP contribution in [0.1, 0.15) is 34.8 Å². The van der Waals surface area contributed by atoms with Gasteiger partial charge in [0, 0.05) is 28.9 Å². The van der Waals surface area contributed by atoms with Gasteiger partial charge in [-0.15, -0.1) is 0 Å². The highest BCUT2D eigenvalue weighted by atomic mass is 32.2. The van der Waals surface area contributed by atoms with Gasteiger partial charge in [0.2, 0.25) is 10.0 Å². The fourth-order valence-corrected chi connectivity index (χ4v) is 4.87. The number of halogens is 3. The summed E-state index contributed by atoms with van der Waals surface area (Å²) in [4.78, 5) is 20.4. The SMILES string of the molecule is CCCS(=O)(=O)Nc1c(F)ccc(C(=O)c2c[nH]c3ncc(-c4ccc(F)cc4C)cc23)c1F. The van der Waals surface area contributed by atoms with Gasteiger partial charge in [-0.1, -0.05) is 13.0 Å². The molecule has 4 rings (SSSR count). The fourth-order valence-electron chi connectivity index (χ4n) is 3.73. The Balaban J connectivity index is 1.78. The number of H-pyrrole nitrogens is 1. The van der Waals surface area contributed by atoms with Gasteiger partial charge in [-0.3, -0.25) is 9.52 Å². The molecule has 2 N–H and O–H groups in total. The molecular weight excluding hydrogens is 467 g/mol. The number of carbonyl (C=O) groups is 1. The Kier molecular flexibility index (Phi) is 6.18. The third kappa shape index (κ3) is 4.41. The summed E-state index contributed by atoms with van der Waals surface area (Å²) in [6.45, 7) is 3.35. The Hall–Kier alpha value is -3.66. The van der Waals surface area contributed by atoms with Crippen LogP contribution in [0.5, 0.6) is 0 Å². The van der Waals surface area contributed by atoms with Gasteiger partial charge < -0.3 is 4.98 Å². The van der Waals surface area contributed by atoms with Gasteiger partial charge in [-0.2, -0.15) is 0 Å². The van der Waals surface area contributed by atoms with Crippen LogP contribution in [0.2, 0.25) is 0 Å². The normalized spacial score (nSPS) is 11.7. The average Bonchev–Trinajstić information content (AvgIpc) is 3.19. The van der Waals surface area contributed by atoms with Gasteiger partial charge in [0.15, 0.2) is 11.6 Å². The molecule has 10 heteroatoms. The van der Waals surface area contributed by atoms with E-state index in [1.165, 1.54) is 18.3 Å². The number of benzene rings is 2. The number of hydrogen-bond acceptors (Lipinski definition) is 4. The molecule has 0 amide bonds. The number of aromatic nitrogens is 2. The van der Waals surface area contributed by atoms with E-state index >= 15 is 4.39 Å². The van der Waals surface area contributed by atoms with E-state index in [0.717, 1.165) is 12.1 Å². The molecule has 0 saturated heterocycles. The predicted molar refractivity (Wildman–Crippen MR) is 124 cm³/mol. The summed E-state index contributed by atoms with van der Waals surface area (Å²) in [6, 6.07) is 7.74. The number of rotatable bonds is 7. The molecule has 0 bridgehead atoms. The number of anilines is 1. The minimum Gasteiger partial charge on any atom is -0.345 e. The second kappa shape index (κ2) is 8.94. The molecular formula is C24H20F3N3O3S. The lowest BCUT2D eigenvalue weighted by atomic mass is 9.98. The Morgan fingerprint density at radius 3 is 2.56 bits per heavy atom. The predicted octanol–water partition coefficient (Wildman–Crippen LogP) is 5.34. The molecule has 0 unspecified atom stereocenters. The molecule has 2 aromatic carbocycles. The number of fused-ring (bicyclic) bond motifs is 1. The number of sulfonamides is 1. The quantitative estimate of drug-likeness (QED) is 0.344. The third-order valence-corrected chi connectivity index (χ3v) is 6.80. The maximum Gasteiger partial charge on any atom is 0.232 e. The van der Waals surface area contributed by atoms with Crippen molar-refractivity contribution in [3.05, 3.63) is 82.9 Å². The number of nitrogens with zero attached hydrogens (tertiary/aromatic N) is 1. The Morgan fingerprint density at radius 2 is 1.85 bits per heavy atom. The van der Waals surface area contributed by atoms with Crippen molar-refractivity contribution in [3.63, 3.8) is 0 Å². The van der Waals surface area contributed by atoms with Crippen molar-refractivity contribution >= 4 is 32.5 Å². The summed E-state index contributed by atoms with van der Waals surface area (Å²) in [5.74, 6) is -3.94. The topological polar surface area (TPSA) is 91.9 Å². The number of aromatic amines is 1. The minimum absolute atomic E-state index is 0.0667. The van der Waals surface area contributed by atoms with Crippen molar-refractivity contribution in [2.75, 3.05) is 10.5 Å². The zero-order valence-corrected chi connectivity index (χ0v) is 19.1. The van der Waals surface area contributed by atoms with Crippen molar-refractivity contribution in [1.29, 1.82) is 0 Å². The average molecular weight is 488 g/mol. The maximum absolute atomic E-state index is 15.1. The molecule has 2 aromatic heterocycles. The van der Waals surface area contributed by atoms with Crippen LogP contribution in [0.25, 0.3) is 22.2 Å². The van der Waals surface area contributed by atoms with E-state index in [4.69, 9.17) is 0 Å². The van der Waals surface area contributed by atoms with Gasteiger partial charge in [-0.25, -0.2) is 26.6 Å². The van der Waals surface area contributed by atoms with Gasteiger partial charge in [0.05, 0.1) is 11.3 Å². The van der Waals surface area contributed by atoms with Crippen molar-refractivity contribution in [2.45, 2.75) is 20.3 Å². The standard InChI is InChI=1S/C24H20F3N3O3S/c1-3-8-34(32,33)30-22-20(26)7-6-17(21(22)27)23(31)19-12-29-24-18(19)10-14(11-28-24)16-5-4-15(25)9-13(16)2/h4-7,9-12,30H,3,8H2,1-2H3,(H,28,29). The Morgan fingerprint density at radius 1 is 1.09 bits per heavy atom. The van der Waals surface area contributed by atoms with Crippen LogP contribution in [0.15, 0.2) is 48.8 Å². The number of ketones is 1. The minimum atomic E-state index is -3.99. The second-order valence-electron chi connectivity index (χ2n) is 7.82. The summed E-state index contributed by atoms with van der Waals surface area (Å²) in [5, 5.41) is 0.378. The van der Waals surface area contributed by atoms with E-state index in [0.29, 0.717) is 27.7 Å². The van der Waals surface area contributed by atoms with Crippen LogP contribution >= 0.6 is 0 Å². The molecule has 4 aromatic rings. The Labute approximate surface area is 193 Å². The van der Waals surface area contributed by atoms with Crippen molar-refractivity contribution in [2.24, 2.45) is 0 Å². The van der Waals surface area contributed by atoms with Gasteiger partial charge >= 0.3 is 0 Å². The monoisotopic (exact) mass is 487 g/mol. The smallest absolute Gasteiger partial charge is 0.232 e. The van der Waals surface area contributed by atoms with E-state index in [2.05, 4.69) is 9.97 Å². The van der Waals surface area contributed by atoms with E-state index in [-0.39, 0.29) is 23.6 Å². The van der Waals surface area contributed by atoms with E-state index < -0.39 is 38.7 Å². The third-order valence-electron chi connectivity index (χ3n) is 5.34. The number of nitrogens with one attached hydrogen (secondary N) is 2. The number of pyridine rings is 1. The lowest BCUT2D eigenvalue weighted by molar-refractivity contribution is 0.103. The van der Waals surface area contributed by atoms with Crippen LogP contribution in [-0.4, -0.2) is 29.9 Å². The first-order chi connectivity index (χ1) is 16.1. The first-order valence-corrected chi connectivity index (χ1v) is 12.0. The van der Waals surface area contributed by atoms with Crippen LogP contribution in [-0.2, 0) is 10.0 Å². The van der Waals surface area contributed by atoms with Crippen LogP contribution in [0.4, 0.5) is 18.9 Å². The lowest BCUT2D eigenvalue weighted by Gasteiger charge is -2.12. The molecule has 0 saturated carbocycles. The molecule has 2 heterocycles. The van der Waals surface area contributed by atoms with Gasteiger partial charge in [0.1, 0.15) is 23.0 Å². The van der Waals surface area contributed by atoms with Gasteiger partial charge in [0.25, 0.3) is 0 Å². The fraction of sp³-hybridized carbons (Fsp3) is 0.167. The van der Waals surface area contributed by atoms with E-state index in [9.17, 15) is 22.0 Å². The largest absolute Gasteiger partial charge is 0.345 e. The molecule has 0 spiro atoms. The van der Waals surface area contributed by atoms with Gasteiger partial charge in [-0.05, 0) is 54.8 Å². The summed E-state index contributed by atoms with van der Waals surface area (Å²) in [6.07, 6.45) is 3.16. The highest BCUT2D eigenvalue weighted by molar-refractivity contribution is 7.92.